The van der Waals surface area contributed by atoms with Crippen LogP contribution >= 0.6 is 0 Å². The highest BCUT2D eigenvalue weighted by Gasteiger charge is 2.31. The van der Waals surface area contributed by atoms with Crippen molar-refractivity contribution >= 4 is 5.91 Å². The van der Waals surface area contributed by atoms with Gasteiger partial charge in [0.15, 0.2) is 0 Å². The predicted molar refractivity (Wildman–Crippen MR) is 98.4 cm³/mol. The number of nitrogens with zero attached hydrogens (tertiary/aromatic N) is 2. The van der Waals surface area contributed by atoms with Gasteiger partial charge in [0, 0.05) is 32.2 Å². The lowest BCUT2D eigenvalue weighted by Gasteiger charge is -2.42. The second kappa shape index (κ2) is 8.09. The maximum absolute atomic E-state index is 13.0. The zero-order valence-corrected chi connectivity index (χ0v) is 15.7. The van der Waals surface area contributed by atoms with Crippen LogP contribution in [0, 0.1) is 5.92 Å². The Balaban J connectivity index is 1.66. The van der Waals surface area contributed by atoms with Crippen molar-refractivity contribution in [2.24, 2.45) is 5.92 Å². The first-order chi connectivity index (χ1) is 12.1. The van der Waals surface area contributed by atoms with E-state index in [9.17, 15) is 4.79 Å². The van der Waals surface area contributed by atoms with Crippen LogP contribution in [-0.4, -0.2) is 62.1 Å². The minimum absolute atomic E-state index is 0.00552. The molecule has 138 valence electrons. The van der Waals surface area contributed by atoms with Crippen molar-refractivity contribution in [2.45, 2.75) is 38.6 Å². The van der Waals surface area contributed by atoms with Crippen LogP contribution in [-0.2, 0) is 0 Å². The third-order valence-corrected chi connectivity index (χ3v) is 5.67. The molecule has 2 fully saturated rings. The van der Waals surface area contributed by atoms with Gasteiger partial charge in [-0.05, 0) is 30.9 Å². The monoisotopic (exact) mass is 346 g/mol. The van der Waals surface area contributed by atoms with Gasteiger partial charge in [-0.25, -0.2) is 0 Å². The van der Waals surface area contributed by atoms with Crippen molar-refractivity contribution in [3.63, 3.8) is 0 Å². The highest BCUT2D eigenvalue weighted by atomic mass is 16.5. The number of ether oxygens (including phenoxy) is 2. The molecule has 25 heavy (non-hydrogen) atoms. The van der Waals surface area contributed by atoms with Crippen molar-refractivity contribution in [1.82, 2.24) is 9.80 Å². The topological polar surface area (TPSA) is 42.0 Å². The lowest BCUT2D eigenvalue weighted by Crippen LogP contribution is -2.52. The fourth-order valence-electron chi connectivity index (χ4n) is 4.24. The van der Waals surface area contributed by atoms with Gasteiger partial charge in [0.25, 0.3) is 5.91 Å². The molecule has 1 saturated carbocycles. The largest absolute Gasteiger partial charge is 0.496 e. The van der Waals surface area contributed by atoms with E-state index in [4.69, 9.17) is 9.47 Å². The van der Waals surface area contributed by atoms with Crippen LogP contribution in [0.15, 0.2) is 18.2 Å². The predicted octanol–water partition coefficient (Wildman–Crippen LogP) is 3.04. The summed E-state index contributed by atoms with van der Waals surface area (Å²) in [5, 5.41) is 0. The van der Waals surface area contributed by atoms with Gasteiger partial charge in [0.05, 0.1) is 14.2 Å². The summed E-state index contributed by atoms with van der Waals surface area (Å²) in [6.07, 6.45) is 5.30. The van der Waals surface area contributed by atoms with Crippen LogP contribution in [0.5, 0.6) is 11.5 Å². The lowest BCUT2D eigenvalue weighted by molar-refractivity contribution is 0.0484. The van der Waals surface area contributed by atoms with Crippen LogP contribution in [0.3, 0.4) is 0 Å². The molecule has 1 heterocycles. The quantitative estimate of drug-likeness (QED) is 0.840. The van der Waals surface area contributed by atoms with Crippen LogP contribution in [0.1, 0.15) is 43.0 Å². The molecule has 0 bridgehead atoms. The fourth-order valence-corrected chi connectivity index (χ4v) is 4.24. The van der Waals surface area contributed by atoms with Gasteiger partial charge in [-0.2, -0.15) is 0 Å². The summed E-state index contributed by atoms with van der Waals surface area (Å²) < 4.78 is 10.8. The van der Waals surface area contributed by atoms with Gasteiger partial charge in [-0.1, -0.05) is 25.8 Å². The minimum atomic E-state index is 0.00552. The van der Waals surface area contributed by atoms with Crippen molar-refractivity contribution in [2.75, 3.05) is 40.4 Å². The second-order valence-electron chi connectivity index (χ2n) is 7.29. The molecule has 1 aromatic rings. The van der Waals surface area contributed by atoms with E-state index in [1.54, 1.807) is 14.2 Å². The molecule has 5 heteroatoms. The lowest BCUT2D eigenvalue weighted by atomic mass is 9.86. The third kappa shape index (κ3) is 3.92. The number of methoxy groups -OCH3 is 2. The minimum Gasteiger partial charge on any atom is -0.496 e. The number of hydrogen-bond donors (Lipinski definition) is 0. The standard InChI is InChI=1S/C20H30N2O3/c1-15-6-4-7-16(14-15)21-10-12-22(13-11-21)20(23)19-17(24-2)8-5-9-18(19)25-3/h5,8-9,15-16H,4,6-7,10-14H2,1-3H3/t15-,16+/m1/s1. The smallest absolute Gasteiger partial charge is 0.261 e. The van der Waals surface area contributed by atoms with E-state index in [0.29, 0.717) is 23.1 Å². The van der Waals surface area contributed by atoms with Gasteiger partial charge >= 0.3 is 0 Å². The number of hydrogen-bond acceptors (Lipinski definition) is 4. The van der Waals surface area contributed by atoms with Crippen molar-refractivity contribution in [3.05, 3.63) is 23.8 Å². The molecule has 1 saturated heterocycles. The first-order valence-electron chi connectivity index (χ1n) is 9.38. The normalized spacial score (nSPS) is 24.8. The molecule has 0 spiro atoms. The average molecular weight is 346 g/mol. The molecule has 0 N–H and O–H groups in total. The van der Waals surface area contributed by atoms with Crippen LogP contribution < -0.4 is 9.47 Å². The number of benzene rings is 1. The molecule has 0 radical (unpaired) electrons. The number of carbonyl (C=O) groups excluding carboxylic acids is 1. The number of amides is 1. The molecule has 1 amide bonds. The summed E-state index contributed by atoms with van der Waals surface area (Å²) in [6, 6.07) is 6.17. The second-order valence-corrected chi connectivity index (χ2v) is 7.29. The molecule has 2 aliphatic rings. The Labute approximate surface area is 150 Å². The molecule has 3 rings (SSSR count). The fraction of sp³-hybridized carbons (Fsp3) is 0.650. The molecule has 2 atom stereocenters. The van der Waals surface area contributed by atoms with E-state index in [1.807, 2.05) is 23.1 Å². The number of rotatable bonds is 4. The molecule has 1 aliphatic carbocycles. The van der Waals surface area contributed by atoms with Gasteiger partial charge < -0.3 is 14.4 Å². The number of piperazine rings is 1. The van der Waals surface area contributed by atoms with Gasteiger partial charge in [-0.3, -0.25) is 9.69 Å². The van der Waals surface area contributed by atoms with E-state index in [1.165, 1.54) is 25.7 Å². The van der Waals surface area contributed by atoms with Crippen LogP contribution in [0.4, 0.5) is 0 Å². The Morgan fingerprint density at radius 1 is 1.04 bits per heavy atom. The van der Waals surface area contributed by atoms with E-state index in [2.05, 4.69) is 11.8 Å². The highest BCUT2D eigenvalue weighted by Crippen LogP contribution is 2.31. The van der Waals surface area contributed by atoms with Crippen molar-refractivity contribution in [1.29, 1.82) is 0 Å². The molecule has 1 aromatic carbocycles. The van der Waals surface area contributed by atoms with Crippen LogP contribution in [0.25, 0.3) is 0 Å². The molecule has 1 aliphatic heterocycles. The average Bonchev–Trinajstić information content (AvgIpc) is 2.66. The zero-order valence-electron chi connectivity index (χ0n) is 15.7. The number of carbonyl (C=O) groups is 1. The van der Waals surface area contributed by atoms with Crippen molar-refractivity contribution in [3.8, 4) is 11.5 Å². The van der Waals surface area contributed by atoms with Gasteiger partial charge in [0.2, 0.25) is 0 Å². The molecular weight excluding hydrogens is 316 g/mol. The summed E-state index contributed by atoms with van der Waals surface area (Å²) in [5.74, 6) is 1.99. The molecule has 0 aromatic heterocycles. The Kier molecular flexibility index (Phi) is 5.84. The summed E-state index contributed by atoms with van der Waals surface area (Å²) in [6.45, 7) is 5.82. The van der Waals surface area contributed by atoms with E-state index in [-0.39, 0.29) is 5.91 Å². The van der Waals surface area contributed by atoms with E-state index >= 15 is 0 Å². The molecule has 5 nitrogen and oxygen atoms in total. The van der Waals surface area contributed by atoms with Gasteiger partial charge in [-0.15, -0.1) is 0 Å². The Bertz CT molecular complexity index is 574. The Morgan fingerprint density at radius 3 is 2.24 bits per heavy atom. The zero-order chi connectivity index (χ0) is 17.8. The Morgan fingerprint density at radius 2 is 1.68 bits per heavy atom. The third-order valence-electron chi connectivity index (χ3n) is 5.67. The maximum Gasteiger partial charge on any atom is 0.261 e. The first kappa shape index (κ1) is 18.1. The summed E-state index contributed by atoms with van der Waals surface area (Å²) in [5.41, 5.74) is 0.534. The first-order valence-corrected chi connectivity index (χ1v) is 9.38. The molecular formula is C20H30N2O3. The Hall–Kier alpha value is -1.75. The SMILES string of the molecule is COc1cccc(OC)c1C(=O)N1CCN([C@H]2CCC[C@@H](C)C2)CC1. The maximum atomic E-state index is 13.0. The summed E-state index contributed by atoms with van der Waals surface area (Å²) in [4.78, 5) is 17.6. The van der Waals surface area contributed by atoms with Crippen molar-refractivity contribution < 1.29 is 14.3 Å². The van der Waals surface area contributed by atoms with E-state index < -0.39 is 0 Å². The van der Waals surface area contributed by atoms with E-state index in [0.717, 1.165) is 32.1 Å². The molecule has 0 unspecified atom stereocenters. The summed E-state index contributed by atoms with van der Waals surface area (Å²) in [7, 11) is 3.18. The van der Waals surface area contributed by atoms with Crippen LogP contribution in [0.2, 0.25) is 0 Å². The summed E-state index contributed by atoms with van der Waals surface area (Å²) >= 11 is 0. The highest BCUT2D eigenvalue weighted by molar-refractivity contribution is 5.99. The van der Waals surface area contributed by atoms with Gasteiger partial charge in [0.1, 0.15) is 17.1 Å².